The highest BCUT2D eigenvalue weighted by atomic mass is 127. The molecule has 4 N–H and O–H groups in total. The van der Waals surface area contributed by atoms with Gasteiger partial charge in [0.05, 0.1) is 56.2 Å². The molecular weight excluding hydrogens is 530 g/mol. The number of ether oxygens (including phenoxy) is 4. The number of aromatic nitrogens is 2. The molecule has 0 unspecified atom stereocenters. The van der Waals surface area contributed by atoms with E-state index in [-0.39, 0.29) is 13.2 Å². The summed E-state index contributed by atoms with van der Waals surface area (Å²) in [6.07, 6.45) is 0. The minimum atomic E-state index is -0.490. The molecule has 0 aliphatic carbocycles. The van der Waals surface area contributed by atoms with Crippen LogP contribution in [-0.4, -0.2) is 62.9 Å². The summed E-state index contributed by atoms with van der Waals surface area (Å²) in [5.41, 5.74) is 14.4. The van der Waals surface area contributed by atoms with Crippen molar-refractivity contribution >= 4 is 45.0 Å². The Kier molecular flexibility index (Phi) is 9.65. The molecule has 8 nitrogen and oxygen atoms in total. The zero-order valence-corrected chi connectivity index (χ0v) is 19.7. The summed E-state index contributed by atoms with van der Waals surface area (Å²) < 4.78 is 34.6. The van der Waals surface area contributed by atoms with E-state index in [0.29, 0.717) is 67.0 Å². The van der Waals surface area contributed by atoms with Gasteiger partial charge >= 0.3 is 0 Å². The van der Waals surface area contributed by atoms with Gasteiger partial charge in [0, 0.05) is 9.13 Å². The van der Waals surface area contributed by atoms with Crippen LogP contribution in [0.25, 0.3) is 22.3 Å². The molecule has 3 aromatic rings. The number of halogens is 2. The first-order valence-electron chi connectivity index (χ1n) is 10.1. The highest BCUT2D eigenvalue weighted by Crippen LogP contribution is 2.35. The van der Waals surface area contributed by atoms with Crippen LogP contribution < -0.4 is 16.2 Å². The number of hydrogen-bond donors (Lipinski definition) is 2. The normalized spacial score (nSPS) is 11.2. The zero-order valence-electron chi connectivity index (χ0n) is 17.6. The van der Waals surface area contributed by atoms with Crippen molar-refractivity contribution < 1.29 is 23.3 Å². The third-order valence-corrected chi connectivity index (χ3v) is 5.07. The molecular formula is C22H26FIN4O4. The quantitative estimate of drug-likeness (QED) is 0.187. The first-order chi connectivity index (χ1) is 15.6. The predicted octanol–water partition coefficient (Wildman–Crippen LogP) is 3.46. The molecule has 1 heterocycles. The van der Waals surface area contributed by atoms with Crippen molar-refractivity contribution in [1.29, 1.82) is 0 Å². The minimum Gasteiger partial charge on any atom is -0.488 e. The lowest BCUT2D eigenvalue weighted by Gasteiger charge is -2.14. The smallest absolute Gasteiger partial charge is 0.162 e. The molecule has 1 aromatic heterocycles. The zero-order chi connectivity index (χ0) is 22.8. The van der Waals surface area contributed by atoms with E-state index in [0.717, 1.165) is 9.13 Å². The number of hydrogen-bond acceptors (Lipinski definition) is 8. The standard InChI is InChI=1S/C22H26FIN4O4/c23-6-7-29-8-9-30-10-11-31-12-13-32-20-17(25)4-5-18-19(20)21(26)28-22(27-18)15-2-1-3-16(24)14-15/h1-5,14H,6-13,25H2,(H2,26,27,28). The second kappa shape index (κ2) is 12.7. The first kappa shape index (κ1) is 24.4. The van der Waals surface area contributed by atoms with E-state index in [4.69, 9.17) is 30.4 Å². The highest BCUT2D eigenvalue weighted by molar-refractivity contribution is 14.1. The largest absolute Gasteiger partial charge is 0.488 e. The van der Waals surface area contributed by atoms with Crippen LogP contribution >= 0.6 is 22.6 Å². The Morgan fingerprint density at radius 1 is 0.844 bits per heavy atom. The molecule has 172 valence electrons. The number of alkyl halides is 1. The molecule has 3 rings (SSSR count). The minimum absolute atomic E-state index is 0.0942. The Bertz CT molecular complexity index is 1020. The number of nitrogens with two attached hydrogens (primary N) is 2. The lowest BCUT2D eigenvalue weighted by Crippen LogP contribution is -2.13. The number of nitrogen functional groups attached to an aromatic ring is 2. The van der Waals surface area contributed by atoms with Crippen LogP contribution in [0, 0.1) is 3.57 Å². The topological polar surface area (TPSA) is 115 Å². The highest BCUT2D eigenvalue weighted by Gasteiger charge is 2.15. The van der Waals surface area contributed by atoms with Gasteiger partial charge in [-0.05, 0) is 46.9 Å². The third kappa shape index (κ3) is 6.86. The number of anilines is 2. The maximum atomic E-state index is 11.9. The number of nitrogens with zero attached hydrogens (tertiary/aromatic N) is 2. The fourth-order valence-corrected chi connectivity index (χ4v) is 3.49. The SMILES string of the molecule is Nc1ccc2nc(-c3cccc(I)c3)nc(N)c2c1OCCOCCOCCOCCF. The lowest BCUT2D eigenvalue weighted by atomic mass is 10.1. The van der Waals surface area contributed by atoms with Gasteiger partial charge in [0.1, 0.15) is 19.1 Å². The van der Waals surface area contributed by atoms with E-state index in [2.05, 4.69) is 32.6 Å². The van der Waals surface area contributed by atoms with Crippen LogP contribution in [0.3, 0.4) is 0 Å². The summed E-state index contributed by atoms with van der Waals surface area (Å²) in [5, 5.41) is 0.580. The first-order valence-corrected chi connectivity index (χ1v) is 11.2. The van der Waals surface area contributed by atoms with Crippen molar-refractivity contribution in [3.05, 3.63) is 40.0 Å². The van der Waals surface area contributed by atoms with Crippen LogP contribution in [0.15, 0.2) is 36.4 Å². The number of fused-ring (bicyclic) bond motifs is 1. The summed E-state index contributed by atoms with van der Waals surface area (Å²) in [6.45, 7) is 1.81. The van der Waals surface area contributed by atoms with Gasteiger partial charge in [-0.3, -0.25) is 0 Å². The summed E-state index contributed by atoms with van der Waals surface area (Å²) in [7, 11) is 0. The lowest BCUT2D eigenvalue weighted by molar-refractivity contribution is 0.00761. The molecule has 0 amide bonds. The maximum Gasteiger partial charge on any atom is 0.162 e. The Morgan fingerprint density at radius 3 is 2.22 bits per heavy atom. The fraction of sp³-hybridized carbons (Fsp3) is 0.364. The summed E-state index contributed by atoms with van der Waals surface area (Å²) in [4.78, 5) is 9.11. The molecule has 0 spiro atoms. The van der Waals surface area contributed by atoms with E-state index in [9.17, 15) is 4.39 Å². The average molecular weight is 556 g/mol. The molecule has 0 aliphatic rings. The van der Waals surface area contributed by atoms with Crippen LogP contribution in [0.4, 0.5) is 15.9 Å². The predicted molar refractivity (Wildman–Crippen MR) is 130 cm³/mol. The summed E-state index contributed by atoms with van der Waals surface area (Å²) >= 11 is 2.24. The molecule has 0 atom stereocenters. The van der Waals surface area contributed by atoms with E-state index in [1.54, 1.807) is 12.1 Å². The van der Waals surface area contributed by atoms with Crippen LogP contribution in [0.5, 0.6) is 5.75 Å². The molecule has 0 saturated heterocycles. The molecule has 32 heavy (non-hydrogen) atoms. The molecule has 0 bridgehead atoms. The van der Waals surface area contributed by atoms with E-state index in [1.807, 2.05) is 24.3 Å². The maximum absolute atomic E-state index is 11.9. The van der Waals surface area contributed by atoms with Crippen molar-refractivity contribution in [3.63, 3.8) is 0 Å². The van der Waals surface area contributed by atoms with Gasteiger partial charge in [-0.25, -0.2) is 14.4 Å². The monoisotopic (exact) mass is 556 g/mol. The van der Waals surface area contributed by atoms with Gasteiger partial charge in [-0.2, -0.15) is 0 Å². The fourth-order valence-electron chi connectivity index (χ4n) is 2.95. The summed E-state index contributed by atoms with van der Waals surface area (Å²) in [5.74, 6) is 1.29. The molecule has 0 aliphatic heterocycles. The molecule has 2 aromatic carbocycles. The Morgan fingerprint density at radius 2 is 1.53 bits per heavy atom. The van der Waals surface area contributed by atoms with Gasteiger partial charge in [-0.15, -0.1) is 0 Å². The van der Waals surface area contributed by atoms with Gasteiger partial charge in [0.15, 0.2) is 11.6 Å². The molecule has 0 saturated carbocycles. The van der Waals surface area contributed by atoms with Crippen molar-refractivity contribution in [2.24, 2.45) is 0 Å². The number of rotatable bonds is 13. The van der Waals surface area contributed by atoms with Crippen LogP contribution in [0.1, 0.15) is 0 Å². The Balaban J connectivity index is 1.56. The van der Waals surface area contributed by atoms with Crippen LogP contribution in [0.2, 0.25) is 0 Å². The van der Waals surface area contributed by atoms with Gasteiger partial charge in [0.2, 0.25) is 0 Å². The van der Waals surface area contributed by atoms with Crippen molar-refractivity contribution in [1.82, 2.24) is 9.97 Å². The third-order valence-electron chi connectivity index (χ3n) is 4.40. The second-order valence-corrected chi connectivity index (χ2v) is 7.94. The second-order valence-electron chi connectivity index (χ2n) is 6.70. The number of benzene rings is 2. The van der Waals surface area contributed by atoms with Gasteiger partial charge in [0.25, 0.3) is 0 Å². The van der Waals surface area contributed by atoms with Crippen molar-refractivity contribution in [2.75, 3.05) is 64.4 Å². The Labute approximate surface area is 199 Å². The van der Waals surface area contributed by atoms with Gasteiger partial charge in [-0.1, -0.05) is 12.1 Å². The van der Waals surface area contributed by atoms with E-state index in [1.165, 1.54) is 0 Å². The van der Waals surface area contributed by atoms with E-state index < -0.39 is 6.67 Å². The average Bonchev–Trinajstić information content (AvgIpc) is 2.78. The molecule has 10 heteroatoms. The van der Waals surface area contributed by atoms with E-state index >= 15 is 0 Å². The Hall–Kier alpha value is -2.28. The van der Waals surface area contributed by atoms with Gasteiger partial charge < -0.3 is 30.4 Å². The van der Waals surface area contributed by atoms with Crippen molar-refractivity contribution in [2.45, 2.75) is 0 Å². The van der Waals surface area contributed by atoms with Crippen molar-refractivity contribution in [3.8, 4) is 17.1 Å². The van der Waals surface area contributed by atoms with Crippen LogP contribution in [-0.2, 0) is 14.2 Å². The summed E-state index contributed by atoms with van der Waals surface area (Å²) in [6, 6.07) is 11.4. The molecule has 0 fully saturated rings. The molecule has 0 radical (unpaired) electrons.